The van der Waals surface area contributed by atoms with E-state index in [1.54, 1.807) is 31.2 Å². The summed E-state index contributed by atoms with van der Waals surface area (Å²) < 4.78 is 28.8. The van der Waals surface area contributed by atoms with Crippen molar-refractivity contribution >= 4 is 21.7 Å². The van der Waals surface area contributed by atoms with Crippen molar-refractivity contribution in [2.75, 3.05) is 4.72 Å². The van der Waals surface area contributed by atoms with Crippen molar-refractivity contribution in [1.82, 2.24) is 20.2 Å². The zero-order valence-corrected chi connectivity index (χ0v) is 13.8. The number of aromatic nitrogens is 4. The third-order valence-electron chi connectivity index (χ3n) is 3.45. The molecule has 0 atom stereocenters. The van der Waals surface area contributed by atoms with E-state index in [9.17, 15) is 18.3 Å². The van der Waals surface area contributed by atoms with E-state index in [0.29, 0.717) is 11.3 Å². The van der Waals surface area contributed by atoms with Crippen molar-refractivity contribution < 1.29 is 18.3 Å². The summed E-state index contributed by atoms with van der Waals surface area (Å²) in [5, 5.41) is 21.9. The average Bonchev–Trinajstić information content (AvgIpc) is 3.09. The number of nitrogens with one attached hydrogen (secondary N) is 1. The van der Waals surface area contributed by atoms with Crippen LogP contribution in [0.5, 0.6) is 0 Å². The molecule has 0 aliphatic heterocycles. The highest BCUT2D eigenvalue weighted by atomic mass is 32.2. The van der Waals surface area contributed by atoms with E-state index in [1.807, 2.05) is 0 Å². The number of carbonyl (C=O) groups is 1. The molecule has 1 aromatic heterocycles. The lowest BCUT2D eigenvalue weighted by Crippen LogP contribution is -2.24. The molecule has 0 unspecified atom stereocenters. The Labute approximate surface area is 143 Å². The Kier molecular flexibility index (Phi) is 4.19. The summed E-state index contributed by atoms with van der Waals surface area (Å²) in [6, 6.07) is 10.2. The second kappa shape index (κ2) is 6.32. The number of carboxylic acid groups (broad SMARTS) is 1. The van der Waals surface area contributed by atoms with E-state index in [-0.39, 0.29) is 16.1 Å². The van der Waals surface area contributed by atoms with Crippen LogP contribution in [-0.4, -0.2) is 34.6 Å². The zero-order chi connectivity index (χ0) is 18.0. The molecule has 25 heavy (non-hydrogen) atoms. The molecule has 0 saturated carbocycles. The first kappa shape index (κ1) is 16.6. The van der Waals surface area contributed by atoms with Crippen LogP contribution in [0.1, 0.15) is 15.9 Å². The van der Waals surface area contributed by atoms with Gasteiger partial charge >= 0.3 is 0 Å². The van der Waals surface area contributed by atoms with Gasteiger partial charge in [-0.3, -0.25) is 4.72 Å². The van der Waals surface area contributed by atoms with Gasteiger partial charge in [0.2, 0.25) is 0 Å². The standard InChI is InChI=1S/C15H13N5O4S/c1-10-5-6-13(8-14(10)15(21)22)25(23,24)17-11-3-2-4-12(7-11)20-9-16-18-19-20/h2-9,17H,1H3,(H,21,22)/p-1. The highest BCUT2D eigenvalue weighted by Gasteiger charge is 2.16. The second-order valence-corrected chi connectivity index (χ2v) is 6.86. The fraction of sp³-hybridized carbons (Fsp3) is 0.0667. The Bertz CT molecular complexity index is 1030. The number of hydrogen-bond donors (Lipinski definition) is 1. The molecule has 0 fully saturated rings. The molecular weight excluding hydrogens is 346 g/mol. The van der Waals surface area contributed by atoms with E-state index < -0.39 is 16.0 Å². The monoisotopic (exact) mass is 358 g/mol. The number of hydrogen-bond acceptors (Lipinski definition) is 7. The largest absolute Gasteiger partial charge is 0.545 e. The molecule has 1 N–H and O–H groups in total. The topological polar surface area (TPSA) is 130 Å². The van der Waals surface area contributed by atoms with Gasteiger partial charge in [0.25, 0.3) is 10.0 Å². The summed E-state index contributed by atoms with van der Waals surface area (Å²) in [6.07, 6.45) is 1.37. The molecule has 9 nitrogen and oxygen atoms in total. The Balaban J connectivity index is 1.93. The van der Waals surface area contributed by atoms with Crippen molar-refractivity contribution in [1.29, 1.82) is 0 Å². The molecule has 0 aliphatic carbocycles. The lowest BCUT2D eigenvalue weighted by Gasteiger charge is -2.12. The molecular formula is C15H12N5O4S-. The Morgan fingerprint density at radius 3 is 2.68 bits per heavy atom. The Morgan fingerprint density at radius 2 is 2.00 bits per heavy atom. The van der Waals surface area contributed by atoms with Gasteiger partial charge in [-0.2, -0.15) is 0 Å². The molecule has 1 heterocycles. The first-order valence-corrected chi connectivity index (χ1v) is 8.53. The Morgan fingerprint density at radius 1 is 1.20 bits per heavy atom. The minimum Gasteiger partial charge on any atom is -0.545 e. The predicted molar refractivity (Wildman–Crippen MR) is 85.5 cm³/mol. The third-order valence-corrected chi connectivity index (χ3v) is 4.83. The number of tetrazole rings is 1. The van der Waals surface area contributed by atoms with Crippen molar-refractivity contribution in [3.63, 3.8) is 0 Å². The molecule has 128 valence electrons. The van der Waals surface area contributed by atoms with Gasteiger partial charge in [0.05, 0.1) is 22.2 Å². The van der Waals surface area contributed by atoms with E-state index in [1.165, 1.54) is 23.1 Å². The molecule has 3 rings (SSSR count). The number of carboxylic acids is 1. The number of aromatic carboxylic acids is 1. The van der Waals surface area contributed by atoms with E-state index in [4.69, 9.17) is 0 Å². The number of carbonyl (C=O) groups excluding carboxylic acids is 1. The number of anilines is 1. The smallest absolute Gasteiger partial charge is 0.261 e. The molecule has 0 amide bonds. The van der Waals surface area contributed by atoms with Gasteiger partial charge in [0.15, 0.2) is 0 Å². The number of aryl methyl sites for hydroxylation is 1. The SMILES string of the molecule is Cc1ccc(S(=O)(=O)Nc2cccc(-n3cnnn3)c2)cc1C(=O)[O-]. The van der Waals surface area contributed by atoms with Gasteiger partial charge < -0.3 is 9.90 Å². The molecule has 2 aromatic carbocycles. The second-order valence-electron chi connectivity index (χ2n) is 5.17. The molecule has 10 heteroatoms. The maximum Gasteiger partial charge on any atom is 0.261 e. The predicted octanol–water partition coefficient (Wildman–Crippen LogP) is 0.135. The van der Waals surface area contributed by atoms with Gasteiger partial charge in [-0.15, -0.1) is 5.10 Å². The number of nitrogens with zero attached hydrogens (tertiary/aromatic N) is 4. The highest BCUT2D eigenvalue weighted by molar-refractivity contribution is 7.92. The summed E-state index contributed by atoms with van der Waals surface area (Å²) in [4.78, 5) is 10.9. The maximum absolute atomic E-state index is 12.5. The number of sulfonamides is 1. The summed E-state index contributed by atoms with van der Waals surface area (Å²) in [7, 11) is -3.97. The quantitative estimate of drug-likeness (QED) is 0.686. The van der Waals surface area contributed by atoms with Crippen LogP contribution in [0, 0.1) is 6.92 Å². The normalized spacial score (nSPS) is 11.2. The van der Waals surface area contributed by atoms with Crippen molar-refractivity contribution in [2.24, 2.45) is 0 Å². The van der Waals surface area contributed by atoms with Crippen LogP contribution in [0.25, 0.3) is 5.69 Å². The zero-order valence-electron chi connectivity index (χ0n) is 12.9. The molecule has 3 aromatic rings. The number of rotatable bonds is 5. The Hall–Kier alpha value is -3.27. The fourth-order valence-corrected chi connectivity index (χ4v) is 3.27. The minimum atomic E-state index is -3.97. The van der Waals surface area contributed by atoms with Crippen LogP contribution in [-0.2, 0) is 10.0 Å². The van der Waals surface area contributed by atoms with Crippen LogP contribution in [0.2, 0.25) is 0 Å². The van der Waals surface area contributed by atoms with Gasteiger partial charge in [-0.05, 0) is 53.2 Å². The summed E-state index contributed by atoms with van der Waals surface area (Å²) in [5.74, 6) is -1.43. The van der Waals surface area contributed by atoms with Gasteiger partial charge in [-0.25, -0.2) is 13.1 Å². The summed E-state index contributed by atoms with van der Waals surface area (Å²) in [6.45, 7) is 1.56. The molecule has 0 aliphatic rings. The highest BCUT2D eigenvalue weighted by Crippen LogP contribution is 2.20. The minimum absolute atomic E-state index is 0.176. The summed E-state index contributed by atoms with van der Waals surface area (Å²) in [5.41, 5.74) is 1.08. The van der Waals surface area contributed by atoms with Crippen LogP contribution >= 0.6 is 0 Å². The third kappa shape index (κ3) is 3.48. The van der Waals surface area contributed by atoms with E-state index >= 15 is 0 Å². The molecule has 0 spiro atoms. The van der Waals surface area contributed by atoms with E-state index in [2.05, 4.69) is 20.2 Å². The first-order chi connectivity index (χ1) is 11.9. The van der Waals surface area contributed by atoms with Crippen LogP contribution in [0.4, 0.5) is 5.69 Å². The fourth-order valence-electron chi connectivity index (χ4n) is 2.19. The molecule has 0 radical (unpaired) electrons. The van der Waals surface area contributed by atoms with Crippen molar-refractivity contribution in [3.8, 4) is 5.69 Å². The van der Waals surface area contributed by atoms with Crippen LogP contribution < -0.4 is 9.83 Å². The molecule has 0 saturated heterocycles. The lowest BCUT2D eigenvalue weighted by molar-refractivity contribution is -0.255. The van der Waals surface area contributed by atoms with Gasteiger partial charge in [0, 0.05) is 5.56 Å². The van der Waals surface area contributed by atoms with Crippen LogP contribution in [0.3, 0.4) is 0 Å². The van der Waals surface area contributed by atoms with E-state index in [0.717, 1.165) is 6.07 Å². The molecule has 0 bridgehead atoms. The van der Waals surface area contributed by atoms with Crippen LogP contribution in [0.15, 0.2) is 53.7 Å². The average molecular weight is 358 g/mol. The van der Waals surface area contributed by atoms with Gasteiger partial charge in [-0.1, -0.05) is 12.1 Å². The lowest BCUT2D eigenvalue weighted by atomic mass is 10.1. The van der Waals surface area contributed by atoms with Crippen molar-refractivity contribution in [3.05, 3.63) is 59.9 Å². The van der Waals surface area contributed by atoms with Gasteiger partial charge in [0.1, 0.15) is 6.33 Å². The van der Waals surface area contributed by atoms with Crippen molar-refractivity contribution in [2.45, 2.75) is 11.8 Å². The number of benzene rings is 2. The first-order valence-electron chi connectivity index (χ1n) is 7.05. The maximum atomic E-state index is 12.5. The summed E-state index contributed by atoms with van der Waals surface area (Å²) >= 11 is 0.